The number of anilines is 1. The Labute approximate surface area is 171 Å². The van der Waals surface area contributed by atoms with Crippen molar-refractivity contribution < 1.29 is 24.4 Å². The Morgan fingerprint density at radius 3 is 2.75 bits per heavy atom. The van der Waals surface area contributed by atoms with Crippen LogP contribution in [0.5, 0.6) is 0 Å². The number of pyridine rings is 1. The molecule has 1 aliphatic rings. The molecular formula is C16H14BrClN4O6. The van der Waals surface area contributed by atoms with Gasteiger partial charge in [-0.1, -0.05) is 11.6 Å². The van der Waals surface area contributed by atoms with Gasteiger partial charge < -0.3 is 19.6 Å². The second kappa shape index (κ2) is 7.76. The van der Waals surface area contributed by atoms with E-state index < -0.39 is 23.0 Å². The summed E-state index contributed by atoms with van der Waals surface area (Å²) in [6, 6.07) is 2.08. The van der Waals surface area contributed by atoms with Crippen LogP contribution in [-0.4, -0.2) is 64.8 Å². The highest BCUT2D eigenvalue weighted by molar-refractivity contribution is 9.10. The number of rotatable bonds is 3. The fourth-order valence-corrected chi connectivity index (χ4v) is 3.66. The van der Waals surface area contributed by atoms with Gasteiger partial charge in [-0.2, -0.15) is 0 Å². The van der Waals surface area contributed by atoms with Gasteiger partial charge in [-0.15, -0.1) is 0 Å². The monoisotopic (exact) mass is 472 g/mol. The van der Waals surface area contributed by atoms with E-state index in [1.54, 1.807) is 6.07 Å². The molecule has 0 saturated carbocycles. The number of halogens is 2. The van der Waals surface area contributed by atoms with E-state index in [0.29, 0.717) is 20.4 Å². The number of nitrogens with zero attached hydrogens (tertiary/aromatic N) is 4. The van der Waals surface area contributed by atoms with E-state index in [9.17, 15) is 24.8 Å². The van der Waals surface area contributed by atoms with Gasteiger partial charge in [-0.3, -0.25) is 10.1 Å². The van der Waals surface area contributed by atoms with Crippen molar-refractivity contribution >= 4 is 61.9 Å². The van der Waals surface area contributed by atoms with Crippen molar-refractivity contribution in [1.29, 1.82) is 0 Å². The molecule has 0 radical (unpaired) electrons. The van der Waals surface area contributed by atoms with Gasteiger partial charge in [0.2, 0.25) is 0 Å². The van der Waals surface area contributed by atoms with Crippen molar-refractivity contribution in [3.63, 3.8) is 0 Å². The van der Waals surface area contributed by atoms with Crippen molar-refractivity contribution in [3.8, 4) is 0 Å². The molecule has 10 nitrogen and oxygen atoms in total. The van der Waals surface area contributed by atoms with E-state index in [1.807, 2.05) is 0 Å². The van der Waals surface area contributed by atoms with E-state index in [2.05, 4.69) is 20.9 Å². The van der Waals surface area contributed by atoms with Crippen molar-refractivity contribution in [1.82, 2.24) is 9.88 Å². The van der Waals surface area contributed by atoms with E-state index in [-0.39, 0.29) is 31.0 Å². The summed E-state index contributed by atoms with van der Waals surface area (Å²) in [7, 11) is 1.17. The molecule has 1 N–H and O–H groups in total. The molecule has 0 aliphatic carbocycles. The Morgan fingerprint density at radius 2 is 2.14 bits per heavy atom. The number of benzene rings is 1. The third-order valence-corrected chi connectivity index (χ3v) is 5.67. The third-order valence-electron chi connectivity index (χ3n) is 4.47. The van der Waals surface area contributed by atoms with Crippen molar-refractivity contribution in [3.05, 3.63) is 37.9 Å². The highest BCUT2D eigenvalue weighted by Gasteiger charge is 2.39. The lowest BCUT2D eigenvalue weighted by atomic mass is 10.1. The third kappa shape index (κ3) is 3.54. The van der Waals surface area contributed by atoms with E-state index in [4.69, 9.17) is 16.3 Å². The summed E-state index contributed by atoms with van der Waals surface area (Å²) in [5.74, 6) is -0.701. The van der Waals surface area contributed by atoms with Crippen LogP contribution in [0.2, 0.25) is 5.02 Å². The normalized spacial score (nSPS) is 16.9. The van der Waals surface area contributed by atoms with Gasteiger partial charge >= 0.3 is 17.7 Å². The molecule has 1 amide bonds. The molecule has 2 heterocycles. The maximum Gasteiger partial charge on any atom is 0.407 e. The molecule has 1 unspecified atom stereocenters. The minimum Gasteiger partial charge on any atom is -0.467 e. The summed E-state index contributed by atoms with van der Waals surface area (Å²) >= 11 is 9.47. The van der Waals surface area contributed by atoms with Crippen LogP contribution in [0.4, 0.5) is 16.2 Å². The van der Waals surface area contributed by atoms with Crippen LogP contribution >= 0.6 is 27.5 Å². The standard InChI is InChI=1S/C16H14BrClN4O6/c1-28-15(23)13-7-20(16(24)25)2-3-21(13)14-8-4-10(18)9(17)5-11(8)19-6-12(14)22(26)27/h4-6,13H,2-3,7H2,1H3,(H,24,25). The predicted molar refractivity (Wildman–Crippen MR) is 104 cm³/mol. The number of methoxy groups -OCH3 is 1. The minimum atomic E-state index is -1.19. The summed E-state index contributed by atoms with van der Waals surface area (Å²) in [6.45, 7) is -0.0685. The fourth-order valence-electron chi connectivity index (χ4n) is 3.16. The van der Waals surface area contributed by atoms with Gasteiger partial charge in [0.1, 0.15) is 17.9 Å². The van der Waals surface area contributed by atoms with Crippen LogP contribution in [0.1, 0.15) is 0 Å². The lowest BCUT2D eigenvalue weighted by Gasteiger charge is -2.40. The number of hydrogen-bond donors (Lipinski definition) is 1. The highest BCUT2D eigenvalue weighted by atomic mass is 79.9. The molecule has 0 bridgehead atoms. The zero-order chi connectivity index (χ0) is 20.6. The first-order chi connectivity index (χ1) is 13.2. The SMILES string of the molecule is COC(=O)C1CN(C(=O)O)CCN1c1c([N+](=O)[O-])cnc2cc(Br)c(Cl)cc12. The van der Waals surface area contributed by atoms with Gasteiger partial charge in [0.25, 0.3) is 0 Å². The van der Waals surface area contributed by atoms with Crippen molar-refractivity contribution in [2.45, 2.75) is 6.04 Å². The molecule has 148 valence electrons. The Kier molecular flexibility index (Phi) is 5.57. The minimum absolute atomic E-state index is 0.0553. The largest absolute Gasteiger partial charge is 0.467 e. The first-order valence-electron chi connectivity index (χ1n) is 7.99. The van der Waals surface area contributed by atoms with E-state index in [1.165, 1.54) is 18.1 Å². The van der Waals surface area contributed by atoms with Crippen molar-refractivity contribution in [2.75, 3.05) is 31.6 Å². The number of carboxylic acid groups (broad SMARTS) is 1. The summed E-state index contributed by atoms with van der Waals surface area (Å²) in [6.07, 6.45) is -0.0785. The predicted octanol–water partition coefficient (Wildman–Crippen LogP) is 2.90. The van der Waals surface area contributed by atoms with Gasteiger partial charge in [-0.25, -0.2) is 14.6 Å². The average molecular weight is 474 g/mol. The number of aromatic nitrogens is 1. The maximum atomic E-state index is 12.4. The number of carbonyl (C=O) groups excluding carboxylic acids is 1. The molecule has 1 saturated heterocycles. The number of fused-ring (bicyclic) bond motifs is 1. The molecule has 3 rings (SSSR count). The van der Waals surface area contributed by atoms with Gasteiger partial charge in [-0.05, 0) is 28.1 Å². The zero-order valence-electron chi connectivity index (χ0n) is 14.5. The summed E-state index contributed by atoms with van der Waals surface area (Å²) < 4.78 is 5.37. The molecule has 1 aromatic carbocycles. The molecule has 0 spiro atoms. The summed E-state index contributed by atoms with van der Waals surface area (Å²) in [4.78, 5) is 41.4. The van der Waals surface area contributed by atoms with E-state index in [0.717, 1.165) is 11.1 Å². The number of ether oxygens (including phenoxy) is 1. The molecule has 1 aliphatic heterocycles. The lowest BCUT2D eigenvalue weighted by Crippen LogP contribution is -2.58. The van der Waals surface area contributed by atoms with Crippen LogP contribution in [-0.2, 0) is 9.53 Å². The zero-order valence-corrected chi connectivity index (χ0v) is 16.8. The number of esters is 1. The molecule has 1 aromatic heterocycles. The van der Waals surface area contributed by atoms with Crippen LogP contribution < -0.4 is 4.90 Å². The first-order valence-corrected chi connectivity index (χ1v) is 9.16. The Balaban J connectivity index is 2.23. The van der Waals surface area contributed by atoms with Crippen LogP contribution in [0.25, 0.3) is 10.9 Å². The van der Waals surface area contributed by atoms with Crippen LogP contribution in [0.3, 0.4) is 0 Å². The molecule has 1 atom stereocenters. The number of amides is 1. The van der Waals surface area contributed by atoms with Gasteiger partial charge in [0.15, 0.2) is 0 Å². The van der Waals surface area contributed by atoms with Crippen LogP contribution in [0, 0.1) is 10.1 Å². The number of nitro groups is 1. The van der Waals surface area contributed by atoms with Gasteiger partial charge in [0, 0.05) is 22.9 Å². The Morgan fingerprint density at radius 1 is 1.43 bits per heavy atom. The quantitative estimate of drug-likeness (QED) is 0.410. The maximum absolute atomic E-state index is 12.4. The Hall–Kier alpha value is -2.66. The molecular weight excluding hydrogens is 460 g/mol. The molecule has 28 heavy (non-hydrogen) atoms. The molecule has 1 fully saturated rings. The number of piperazine rings is 1. The van der Waals surface area contributed by atoms with E-state index >= 15 is 0 Å². The summed E-state index contributed by atoms with van der Waals surface area (Å²) in [5.41, 5.74) is 0.259. The summed E-state index contributed by atoms with van der Waals surface area (Å²) in [5, 5.41) is 21.6. The second-order valence-corrected chi connectivity index (χ2v) is 7.26. The highest BCUT2D eigenvalue weighted by Crippen LogP contribution is 2.40. The van der Waals surface area contributed by atoms with Crippen molar-refractivity contribution in [2.24, 2.45) is 0 Å². The Bertz CT molecular complexity index is 987. The number of carbonyl (C=O) groups is 2. The van der Waals surface area contributed by atoms with Gasteiger partial charge in [0.05, 0.1) is 29.1 Å². The molecule has 2 aromatic rings. The smallest absolute Gasteiger partial charge is 0.407 e. The first kappa shape index (κ1) is 20.1. The van der Waals surface area contributed by atoms with Crippen LogP contribution in [0.15, 0.2) is 22.8 Å². The average Bonchev–Trinajstić information content (AvgIpc) is 2.66. The number of hydrogen-bond acceptors (Lipinski definition) is 7. The topological polar surface area (TPSA) is 126 Å². The fraction of sp³-hybridized carbons (Fsp3) is 0.312. The second-order valence-electron chi connectivity index (χ2n) is 5.99. The molecule has 12 heteroatoms. The lowest BCUT2D eigenvalue weighted by molar-refractivity contribution is -0.384.